The van der Waals surface area contributed by atoms with Gasteiger partial charge in [0, 0.05) is 51.5 Å². The number of ether oxygens (including phenoxy) is 1. The number of carbonyl (C=O) groups is 1. The lowest BCUT2D eigenvalue weighted by molar-refractivity contribution is -0.131. The van der Waals surface area contributed by atoms with Crippen LogP contribution in [0.5, 0.6) is 5.75 Å². The number of rotatable bonds is 6. The largest absolute Gasteiger partial charge is 0.497 e. The molecule has 1 aromatic carbocycles. The maximum atomic E-state index is 12.5. The van der Waals surface area contributed by atoms with Gasteiger partial charge in [-0.25, -0.2) is 4.98 Å². The van der Waals surface area contributed by atoms with Crippen molar-refractivity contribution < 1.29 is 9.53 Å². The number of carbonyl (C=O) groups excluding carboxylic acids is 1. The Bertz CT molecular complexity index is 694. The molecule has 7 heteroatoms. The van der Waals surface area contributed by atoms with Gasteiger partial charge in [-0.3, -0.25) is 4.79 Å². The summed E-state index contributed by atoms with van der Waals surface area (Å²) in [6.07, 6.45) is 5.16. The van der Waals surface area contributed by atoms with Gasteiger partial charge in [-0.1, -0.05) is 12.1 Å². The number of halogens is 1. The number of anilines is 1. The first-order chi connectivity index (χ1) is 12.2. The van der Waals surface area contributed by atoms with Gasteiger partial charge >= 0.3 is 0 Å². The van der Waals surface area contributed by atoms with E-state index in [4.69, 9.17) is 4.74 Å². The molecule has 2 aromatic rings. The van der Waals surface area contributed by atoms with Crippen molar-refractivity contribution in [2.75, 3.05) is 38.2 Å². The van der Waals surface area contributed by atoms with Crippen molar-refractivity contribution in [3.05, 3.63) is 42.2 Å². The molecule has 0 bridgehead atoms. The van der Waals surface area contributed by atoms with Crippen molar-refractivity contribution in [2.24, 2.45) is 0 Å². The van der Waals surface area contributed by atoms with E-state index in [0.717, 1.165) is 56.4 Å². The number of hydrogen-bond donors (Lipinski definition) is 0. The van der Waals surface area contributed by atoms with E-state index in [1.165, 1.54) is 0 Å². The van der Waals surface area contributed by atoms with Crippen LogP contribution in [-0.4, -0.2) is 53.6 Å². The first-order valence-corrected chi connectivity index (χ1v) is 8.88. The van der Waals surface area contributed by atoms with Gasteiger partial charge in [-0.15, -0.1) is 12.4 Å². The van der Waals surface area contributed by atoms with Gasteiger partial charge < -0.3 is 19.1 Å². The molecule has 1 aliphatic heterocycles. The molecule has 1 amide bonds. The Kier molecular flexibility index (Phi) is 7.33. The van der Waals surface area contributed by atoms with Crippen LogP contribution in [0.2, 0.25) is 0 Å². The van der Waals surface area contributed by atoms with Crippen molar-refractivity contribution in [1.82, 2.24) is 14.5 Å². The maximum Gasteiger partial charge on any atom is 0.223 e. The Morgan fingerprint density at radius 2 is 1.85 bits per heavy atom. The Hall–Kier alpha value is -2.21. The lowest BCUT2D eigenvalue weighted by Gasteiger charge is -2.35. The van der Waals surface area contributed by atoms with Gasteiger partial charge in [0.2, 0.25) is 11.9 Å². The van der Waals surface area contributed by atoms with Crippen LogP contribution in [0.25, 0.3) is 0 Å². The molecule has 1 aromatic heterocycles. The highest BCUT2D eigenvalue weighted by Crippen LogP contribution is 2.16. The van der Waals surface area contributed by atoms with E-state index in [0.29, 0.717) is 6.42 Å². The third-order valence-corrected chi connectivity index (χ3v) is 4.74. The predicted octanol–water partition coefficient (Wildman–Crippen LogP) is 2.61. The Morgan fingerprint density at radius 1 is 1.15 bits per heavy atom. The quantitative estimate of drug-likeness (QED) is 0.775. The van der Waals surface area contributed by atoms with E-state index < -0.39 is 0 Å². The number of nitrogens with zero attached hydrogens (tertiary/aromatic N) is 4. The summed E-state index contributed by atoms with van der Waals surface area (Å²) in [6.45, 7) is 6.23. The molecule has 1 fully saturated rings. The first kappa shape index (κ1) is 20.1. The Labute approximate surface area is 161 Å². The second kappa shape index (κ2) is 9.48. The maximum absolute atomic E-state index is 12.5. The van der Waals surface area contributed by atoms with Gasteiger partial charge in [-0.2, -0.15) is 0 Å². The Morgan fingerprint density at radius 3 is 2.46 bits per heavy atom. The molecular formula is C19H27ClN4O2. The minimum atomic E-state index is 0. The molecule has 142 valence electrons. The zero-order valence-electron chi connectivity index (χ0n) is 15.4. The minimum Gasteiger partial charge on any atom is -0.497 e. The van der Waals surface area contributed by atoms with Crippen molar-refractivity contribution in [1.29, 1.82) is 0 Å². The van der Waals surface area contributed by atoms with Crippen molar-refractivity contribution in [2.45, 2.75) is 26.3 Å². The predicted molar refractivity (Wildman–Crippen MR) is 105 cm³/mol. The topological polar surface area (TPSA) is 50.6 Å². The molecule has 1 aliphatic rings. The second-order valence-corrected chi connectivity index (χ2v) is 6.23. The smallest absolute Gasteiger partial charge is 0.223 e. The lowest BCUT2D eigenvalue weighted by Crippen LogP contribution is -2.49. The summed E-state index contributed by atoms with van der Waals surface area (Å²) in [7, 11) is 1.66. The number of piperazine rings is 1. The average Bonchev–Trinajstić information content (AvgIpc) is 3.15. The van der Waals surface area contributed by atoms with Gasteiger partial charge in [0.25, 0.3) is 0 Å². The number of benzene rings is 1. The monoisotopic (exact) mass is 378 g/mol. The number of imidazole rings is 1. The van der Waals surface area contributed by atoms with Crippen LogP contribution in [0.1, 0.15) is 18.9 Å². The van der Waals surface area contributed by atoms with Gasteiger partial charge in [0.15, 0.2) is 0 Å². The van der Waals surface area contributed by atoms with Crippen LogP contribution < -0.4 is 9.64 Å². The van der Waals surface area contributed by atoms with E-state index in [-0.39, 0.29) is 18.3 Å². The molecule has 1 saturated heterocycles. The molecule has 0 aliphatic carbocycles. The average molecular weight is 379 g/mol. The fourth-order valence-corrected chi connectivity index (χ4v) is 3.19. The van der Waals surface area contributed by atoms with E-state index in [1.807, 2.05) is 41.6 Å². The first-order valence-electron chi connectivity index (χ1n) is 8.88. The lowest BCUT2D eigenvalue weighted by atomic mass is 10.1. The summed E-state index contributed by atoms with van der Waals surface area (Å²) in [4.78, 5) is 21.2. The summed E-state index contributed by atoms with van der Waals surface area (Å²) in [5.41, 5.74) is 1.16. The normalized spacial score (nSPS) is 14.1. The van der Waals surface area contributed by atoms with E-state index in [1.54, 1.807) is 7.11 Å². The summed E-state index contributed by atoms with van der Waals surface area (Å²) in [5.74, 6) is 2.08. The number of aromatic nitrogens is 2. The van der Waals surface area contributed by atoms with E-state index >= 15 is 0 Å². The summed E-state index contributed by atoms with van der Waals surface area (Å²) < 4.78 is 7.30. The summed E-state index contributed by atoms with van der Waals surface area (Å²) in [5, 5.41) is 0. The Balaban J connectivity index is 0.00000243. The zero-order chi connectivity index (χ0) is 17.6. The zero-order valence-corrected chi connectivity index (χ0v) is 16.2. The molecule has 0 N–H and O–H groups in total. The van der Waals surface area contributed by atoms with Crippen molar-refractivity contribution >= 4 is 24.3 Å². The molecular weight excluding hydrogens is 352 g/mol. The molecule has 6 nitrogen and oxygen atoms in total. The number of aryl methyl sites for hydroxylation is 2. The van der Waals surface area contributed by atoms with E-state index in [2.05, 4.69) is 21.4 Å². The van der Waals surface area contributed by atoms with Crippen LogP contribution >= 0.6 is 12.4 Å². The molecule has 0 atom stereocenters. The van der Waals surface area contributed by atoms with Gasteiger partial charge in [0.1, 0.15) is 5.75 Å². The molecule has 0 radical (unpaired) electrons. The summed E-state index contributed by atoms with van der Waals surface area (Å²) >= 11 is 0. The third-order valence-electron chi connectivity index (χ3n) is 4.74. The van der Waals surface area contributed by atoms with Crippen LogP contribution in [-0.2, 0) is 17.8 Å². The molecule has 2 heterocycles. The molecule has 0 saturated carbocycles. The highest BCUT2D eigenvalue weighted by Gasteiger charge is 2.23. The minimum absolute atomic E-state index is 0. The molecule has 26 heavy (non-hydrogen) atoms. The SMILES string of the molecule is CCn1ccnc1N1CCN(C(=O)CCc2ccc(OC)cc2)CC1.Cl. The molecule has 0 unspecified atom stereocenters. The van der Waals surface area contributed by atoms with Crippen LogP contribution in [0.15, 0.2) is 36.7 Å². The number of amides is 1. The van der Waals surface area contributed by atoms with Gasteiger partial charge in [-0.05, 0) is 31.0 Å². The van der Waals surface area contributed by atoms with Crippen molar-refractivity contribution in [3.63, 3.8) is 0 Å². The number of methoxy groups -OCH3 is 1. The highest BCUT2D eigenvalue weighted by atomic mass is 35.5. The van der Waals surface area contributed by atoms with Crippen LogP contribution in [0.4, 0.5) is 5.95 Å². The summed E-state index contributed by atoms with van der Waals surface area (Å²) in [6, 6.07) is 7.92. The molecule has 0 spiro atoms. The van der Waals surface area contributed by atoms with Gasteiger partial charge in [0.05, 0.1) is 7.11 Å². The third kappa shape index (κ3) is 4.69. The fraction of sp³-hybridized carbons (Fsp3) is 0.474. The van der Waals surface area contributed by atoms with Crippen LogP contribution in [0, 0.1) is 0 Å². The number of hydrogen-bond acceptors (Lipinski definition) is 4. The fourth-order valence-electron chi connectivity index (χ4n) is 3.19. The highest BCUT2D eigenvalue weighted by molar-refractivity contribution is 5.85. The second-order valence-electron chi connectivity index (χ2n) is 6.23. The van der Waals surface area contributed by atoms with Crippen molar-refractivity contribution in [3.8, 4) is 5.75 Å². The van der Waals surface area contributed by atoms with Crippen LogP contribution in [0.3, 0.4) is 0 Å². The molecule has 3 rings (SSSR count). The van der Waals surface area contributed by atoms with E-state index in [9.17, 15) is 4.79 Å². The standard InChI is InChI=1S/C19H26N4O2.ClH/c1-3-21-11-10-20-19(21)23-14-12-22(13-15-23)18(24)9-6-16-4-7-17(25-2)8-5-16;/h4-5,7-8,10-11H,3,6,9,12-15H2,1-2H3;1H.